The van der Waals surface area contributed by atoms with Crippen LogP contribution in [0.1, 0.15) is 34.9 Å². The number of fused-ring (bicyclic) bond motifs is 1. The molecule has 21 heavy (non-hydrogen) atoms. The fourth-order valence-corrected chi connectivity index (χ4v) is 3.87. The maximum Gasteiger partial charge on any atom is 0.123 e. The predicted octanol–water partition coefficient (Wildman–Crippen LogP) is 3.29. The van der Waals surface area contributed by atoms with Gasteiger partial charge in [-0.3, -0.25) is 0 Å². The largest absolute Gasteiger partial charge is 0.491 e. The molecular formula is C17H21NO2S. The molecule has 1 aromatic carbocycles. The Balaban J connectivity index is 1.66. The number of rotatable bonds is 6. The van der Waals surface area contributed by atoms with Gasteiger partial charge in [-0.05, 0) is 42.3 Å². The summed E-state index contributed by atoms with van der Waals surface area (Å²) in [5.74, 6) is 0.861. The summed E-state index contributed by atoms with van der Waals surface area (Å²) in [5, 5.41) is 14.8. The Labute approximate surface area is 129 Å². The standard InChI is InChI=1S/C17H21NO2S/c19-9-10-20-16-6-2-1-4-13(16)12-18-15-5-3-7-17-14(15)8-11-21-17/h1-2,4,6,8,11,15,18-19H,3,5,7,9-10,12H2. The highest BCUT2D eigenvalue weighted by Gasteiger charge is 2.20. The Hall–Kier alpha value is -1.36. The number of thiophene rings is 1. The van der Waals surface area contributed by atoms with E-state index in [0.29, 0.717) is 12.6 Å². The van der Waals surface area contributed by atoms with Crippen LogP contribution in [0.4, 0.5) is 0 Å². The quantitative estimate of drug-likeness (QED) is 0.860. The molecule has 0 radical (unpaired) electrons. The van der Waals surface area contributed by atoms with Gasteiger partial charge in [0.1, 0.15) is 12.4 Å². The lowest BCUT2D eigenvalue weighted by Gasteiger charge is -2.24. The van der Waals surface area contributed by atoms with Gasteiger partial charge in [0.25, 0.3) is 0 Å². The average Bonchev–Trinajstić information content (AvgIpc) is 3.01. The predicted molar refractivity (Wildman–Crippen MR) is 85.9 cm³/mol. The number of benzene rings is 1. The normalized spacial score (nSPS) is 17.5. The van der Waals surface area contributed by atoms with Gasteiger partial charge in [-0.25, -0.2) is 0 Å². The van der Waals surface area contributed by atoms with Gasteiger partial charge in [0.15, 0.2) is 0 Å². The van der Waals surface area contributed by atoms with Crippen molar-refractivity contribution in [1.29, 1.82) is 0 Å². The maximum absolute atomic E-state index is 8.90. The number of aryl methyl sites for hydroxylation is 1. The van der Waals surface area contributed by atoms with Crippen LogP contribution in [0.2, 0.25) is 0 Å². The van der Waals surface area contributed by atoms with Gasteiger partial charge in [0.2, 0.25) is 0 Å². The van der Waals surface area contributed by atoms with Crippen molar-refractivity contribution in [3.8, 4) is 5.75 Å². The second-order valence-electron chi connectivity index (χ2n) is 5.30. The molecule has 0 saturated carbocycles. The Bertz CT molecular complexity index is 582. The van der Waals surface area contributed by atoms with Crippen LogP contribution in [0.5, 0.6) is 5.75 Å². The van der Waals surface area contributed by atoms with Gasteiger partial charge in [-0.15, -0.1) is 11.3 Å². The molecule has 3 nitrogen and oxygen atoms in total. The number of ether oxygens (including phenoxy) is 1. The topological polar surface area (TPSA) is 41.5 Å². The van der Waals surface area contributed by atoms with E-state index in [4.69, 9.17) is 9.84 Å². The smallest absolute Gasteiger partial charge is 0.123 e. The molecule has 0 saturated heterocycles. The van der Waals surface area contributed by atoms with Crippen molar-refractivity contribution in [1.82, 2.24) is 5.32 Å². The molecule has 2 N–H and O–H groups in total. The van der Waals surface area contributed by atoms with Gasteiger partial charge in [-0.2, -0.15) is 0 Å². The highest BCUT2D eigenvalue weighted by molar-refractivity contribution is 7.10. The Kier molecular flexibility index (Phi) is 4.91. The average molecular weight is 303 g/mol. The zero-order valence-electron chi connectivity index (χ0n) is 12.0. The van der Waals surface area contributed by atoms with Crippen LogP contribution < -0.4 is 10.1 Å². The zero-order valence-corrected chi connectivity index (χ0v) is 12.9. The minimum Gasteiger partial charge on any atom is -0.491 e. The summed E-state index contributed by atoms with van der Waals surface area (Å²) >= 11 is 1.87. The first-order valence-corrected chi connectivity index (χ1v) is 8.37. The summed E-state index contributed by atoms with van der Waals surface area (Å²) in [6, 6.07) is 10.7. The zero-order chi connectivity index (χ0) is 14.5. The molecule has 0 amide bonds. The monoisotopic (exact) mass is 303 g/mol. The number of nitrogens with one attached hydrogen (secondary N) is 1. The summed E-state index contributed by atoms with van der Waals surface area (Å²) < 4.78 is 5.59. The minimum absolute atomic E-state index is 0.0443. The summed E-state index contributed by atoms with van der Waals surface area (Å²) in [4.78, 5) is 1.53. The molecule has 3 rings (SSSR count). The molecule has 2 aromatic rings. The SMILES string of the molecule is OCCOc1ccccc1CNC1CCCc2sccc21. The first kappa shape index (κ1) is 14.6. The van der Waals surface area contributed by atoms with Crippen LogP contribution >= 0.6 is 11.3 Å². The molecule has 0 aliphatic heterocycles. The summed E-state index contributed by atoms with van der Waals surface area (Å²) in [6.07, 6.45) is 3.68. The highest BCUT2D eigenvalue weighted by atomic mass is 32.1. The Morgan fingerprint density at radius 3 is 3.10 bits per heavy atom. The molecule has 1 heterocycles. The first-order chi connectivity index (χ1) is 10.4. The molecule has 4 heteroatoms. The fraction of sp³-hybridized carbons (Fsp3) is 0.412. The minimum atomic E-state index is 0.0443. The van der Waals surface area contributed by atoms with Crippen LogP contribution in [0.15, 0.2) is 35.7 Å². The lowest BCUT2D eigenvalue weighted by molar-refractivity contribution is 0.200. The molecule has 0 spiro atoms. The summed E-state index contributed by atoms with van der Waals surface area (Å²) in [5.41, 5.74) is 2.62. The lowest BCUT2D eigenvalue weighted by Crippen LogP contribution is -2.24. The molecule has 1 aromatic heterocycles. The van der Waals surface area contributed by atoms with Crippen molar-refractivity contribution in [2.24, 2.45) is 0 Å². The van der Waals surface area contributed by atoms with E-state index in [-0.39, 0.29) is 6.61 Å². The summed E-state index contributed by atoms with van der Waals surface area (Å²) in [7, 11) is 0. The number of aliphatic hydroxyl groups is 1. The van der Waals surface area contributed by atoms with Gasteiger partial charge >= 0.3 is 0 Å². The van der Waals surface area contributed by atoms with Crippen molar-refractivity contribution in [2.75, 3.05) is 13.2 Å². The number of aliphatic hydroxyl groups excluding tert-OH is 1. The van der Waals surface area contributed by atoms with Crippen molar-refractivity contribution < 1.29 is 9.84 Å². The van der Waals surface area contributed by atoms with E-state index in [9.17, 15) is 0 Å². The van der Waals surface area contributed by atoms with E-state index >= 15 is 0 Å². The van der Waals surface area contributed by atoms with Gasteiger partial charge in [0.05, 0.1) is 6.61 Å². The molecule has 1 atom stereocenters. The number of para-hydroxylation sites is 1. The lowest BCUT2D eigenvalue weighted by atomic mass is 9.94. The van der Waals surface area contributed by atoms with E-state index in [0.717, 1.165) is 17.9 Å². The van der Waals surface area contributed by atoms with E-state index in [1.807, 2.05) is 29.5 Å². The molecule has 1 unspecified atom stereocenters. The fourth-order valence-electron chi connectivity index (χ4n) is 2.88. The number of hydrogen-bond acceptors (Lipinski definition) is 4. The van der Waals surface area contributed by atoms with Crippen LogP contribution in [0, 0.1) is 0 Å². The highest BCUT2D eigenvalue weighted by Crippen LogP contribution is 2.33. The Morgan fingerprint density at radius 2 is 2.19 bits per heavy atom. The van der Waals surface area contributed by atoms with E-state index in [2.05, 4.69) is 22.8 Å². The molecule has 1 aliphatic rings. The van der Waals surface area contributed by atoms with Crippen molar-refractivity contribution in [3.05, 3.63) is 51.7 Å². The molecule has 0 bridgehead atoms. The maximum atomic E-state index is 8.90. The van der Waals surface area contributed by atoms with Crippen LogP contribution in [-0.4, -0.2) is 18.3 Å². The van der Waals surface area contributed by atoms with Crippen molar-refractivity contribution in [2.45, 2.75) is 31.8 Å². The van der Waals surface area contributed by atoms with Crippen LogP contribution in [-0.2, 0) is 13.0 Å². The van der Waals surface area contributed by atoms with E-state index in [1.54, 1.807) is 0 Å². The van der Waals surface area contributed by atoms with E-state index in [1.165, 1.54) is 29.7 Å². The van der Waals surface area contributed by atoms with Crippen LogP contribution in [0.25, 0.3) is 0 Å². The van der Waals surface area contributed by atoms with Crippen LogP contribution in [0.3, 0.4) is 0 Å². The number of hydrogen-bond donors (Lipinski definition) is 2. The van der Waals surface area contributed by atoms with Gasteiger partial charge < -0.3 is 15.2 Å². The second kappa shape index (κ2) is 7.07. The third-order valence-corrected chi connectivity index (χ3v) is 4.91. The molecule has 1 aliphatic carbocycles. The Morgan fingerprint density at radius 1 is 1.29 bits per heavy atom. The molecule has 0 fully saturated rings. The van der Waals surface area contributed by atoms with E-state index < -0.39 is 0 Å². The van der Waals surface area contributed by atoms with Gasteiger partial charge in [-0.1, -0.05) is 18.2 Å². The third-order valence-electron chi connectivity index (χ3n) is 3.91. The third kappa shape index (κ3) is 3.46. The van der Waals surface area contributed by atoms with Crippen molar-refractivity contribution in [3.63, 3.8) is 0 Å². The van der Waals surface area contributed by atoms with Crippen molar-refractivity contribution >= 4 is 11.3 Å². The van der Waals surface area contributed by atoms with Gasteiger partial charge in [0, 0.05) is 23.0 Å². The molecule has 112 valence electrons. The second-order valence-corrected chi connectivity index (χ2v) is 6.31. The summed E-state index contributed by atoms with van der Waals surface area (Å²) in [6.45, 7) is 1.18. The first-order valence-electron chi connectivity index (χ1n) is 7.49. The molecular weight excluding hydrogens is 282 g/mol.